The van der Waals surface area contributed by atoms with Crippen molar-refractivity contribution in [3.8, 4) is 0 Å². The van der Waals surface area contributed by atoms with Gasteiger partial charge in [0.25, 0.3) is 0 Å². The second-order valence-electron chi connectivity index (χ2n) is 10.3. The highest BCUT2D eigenvalue weighted by atomic mass is 14.1. The summed E-state index contributed by atoms with van der Waals surface area (Å²) in [5, 5.41) is 2.71. The van der Waals surface area contributed by atoms with Crippen molar-refractivity contribution in [3.63, 3.8) is 0 Å². The molecule has 0 spiro atoms. The van der Waals surface area contributed by atoms with Gasteiger partial charge in [0.05, 0.1) is 0 Å². The van der Waals surface area contributed by atoms with Crippen LogP contribution in [0.25, 0.3) is 22.9 Å². The lowest BCUT2D eigenvalue weighted by Gasteiger charge is -2.14. The van der Waals surface area contributed by atoms with E-state index in [1.165, 1.54) is 86.5 Å². The fourth-order valence-corrected chi connectivity index (χ4v) is 5.08. The van der Waals surface area contributed by atoms with E-state index in [0.717, 1.165) is 0 Å². The molecule has 0 heteroatoms. The summed E-state index contributed by atoms with van der Waals surface area (Å²) in [5.74, 6) is 0. The highest BCUT2D eigenvalue weighted by Crippen LogP contribution is 2.25. The van der Waals surface area contributed by atoms with Gasteiger partial charge >= 0.3 is 0 Å². The molecule has 0 amide bonds. The molecule has 0 saturated heterocycles. The van der Waals surface area contributed by atoms with E-state index in [0.29, 0.717) is 0 Å². The number of benzene rings is 4. The van der Waals surface area contributed by atoms with Gasteiger partial charge in [-0.2, -0.15) is 0 Å². The summed E-state index contributed by atoms with van der Waals surface area (Å²) in [6.45, 7) is 13.1. The Labute approximate surface area is 218 Å². The fourth-order valence-electron chi connectivity index (χ4n) is 5.08. The number of hydrogen-bond acceptors (Lipinski definition) is 0. The molecular formula is C36H40. The average molecular weight is 473 g/mol. The van der Waals surface area contributed by atoms with Crippen LogP contribution in [0.3, 0.4) is 0 Å². The van der Waals surface area contributed by atoms with E-state index in [1.807, 2.05) is 0 Å². The van der Waals surface area contributed by atoms with E-state index >= 15 is 0 Å². The first-order valence-corrected chi connectivity index (χ1v) is 13.3. The highest BCUT2D eigenvalue weighted by Gasteiger charge is 2.08. The topological polar surface area (TPSA) is 0 Å². The molecule has 0 atom stereocenters. The fraction of sp³-hybridized carbons (Fsp3) is 0.278. The second kappa shape index (κ2) is 11.6. The Kier molecular flexibility index (Phi) is 8.26. The zero-order chi connectivity index (χ0) is 25.7. The van der Waals surface area contributed by atoms with E-state index in [9.17, 15) is 0 Å². The first-order chi connectivity index (χ1) is 17.3. The number of allylic oxidation sites excluding steroid dienone is 2. The normalized spacial score (nSPS) is 13.2. The van der Waals surface area contributed by atoms with Crippen molar-refractivity contribution in [1.82, 2.24) is 0 Å². The largest absolute Gasteiger partial charge is 0.0836 e. The lowest BCUT2D eigenvalue weighted by Crippen LogP contribution is -1.98. The minimum Gasteiger partial charge on any atom is -0.0836 e. The van der Waals surface area contributed by atoms with Crippen LogP contribution in [0.15, 0.2) is 72.8 Å². The SMILES string of the molecule is Cc1cc2c(cc1C)CCC=C2.Cc1ccc2c(c1C)CCC=C2.Cc1ccc2ccccc2c1C. The van der Waals surface area contributed by atoms with Crippen LogP contribution in [-0.2, 0) is 12.8 Å². The monoisotopic (exact) mass is 472 g/mol. The van der Waals surface area contributed by atoms with Gasteiger partial charge in [0.2, 0.25) is 0 Å². The summed E-state index contributed by atoms with van der Waals surface area (Å²) in [7, 11) is 0. The molecule has 0 N–H and O–H groups in total. The van der Waals surface area contributed by atoms with Gasteiger partial charge in [-0.15, -0.1) is 0 Å². The summed E-state index contributed by atoms with van der Waals surface area (Å²) in [4.78, 5) is 0. The van der Waals surface area contributed by atoms with Crippen molar-refractivity contribution < 1.29 is 0 Å². The lowest BCUT2D eigenvalue weighted by atomic mass is 9.91. The van der Waals surface area contributed by atoms with E-state index in [2.05, 4.69) is 127 Å². The van der Waals surface area contributed by atoms with E-state index in [4.69, 9.17) is 0 Å². The van der Waals surface area contributed by atoms with Gasteiger partial charge in [-0.25, -0.2) is 0 Å². The molecule has 2 aliphatic carbocycles. The maximum Gasteiger partial charge on any atom is -0.0152 e. The Morgan fingerprint density at radius 3 is 1.97 bits per heavy atom. The Balaban J connectivity index is 0.000000127. The van der Waals surface area contributed by atoms with E-state index < -0.39 is 0 Å². The maximum atomic E-state index is 2.33. The highest BCUT2D eigenvalue weighted by molar-refractivity contribution is 5.86. The van der Waals surface area contributed by atoms with Crippen LogP contribution in [0.1, 0.15) is 68.5 Å². The molecule has 0 saturated carbocycles. The molecule has 4 aromatic carbocycles. The van der Waals surface area contributed by atoms with Crippen LogP contribution in [0.4, 0.5) is 0 Å². The van der Waals surface area contributed by atoms with Crippen molar-refractivity contribution in [2.45, 2.75) is 67.2 Å². The molecule has 4 aromatic rings. The Hall–Kier alpha value is -3.38. The first-order valence-electron chi connectivity index (χ1n) is 13.3. The third kappa shape index (κ3) is 5.88. The number of rotatable bonds is 0. The van der Waals surface area contributed by atoms with Crippen molar-refractivity contribution in [1.29, 1.82) is 0 Å². The molecule has 0 unspecified atom stereocenters. The Bertz CT molecular complexity index is 1420. The predicted octanol–water partition coefficient (Wildman–Crippen LogP) is 9.98. The zero-order valence-corrected chi connectivity index (χ0v) is 22.9. The Morgan fingerprint density at radius 2 is 1.17 bits per heavy atom. The third-order valence-electron chi connectivity index (χ3n) is 7.87. The standard InChI is InChI=1S/2C12H14.C12H12/c1-9-7-11-5-3-4-6-12(11)8-10(9)2;2*1-9-7-8-11-5-3-4-6-12(11)10(9)2/h2*3,5,7-8H,4,6H2,1-2H3;3-8H,1-2H3. The molecule has 0 nitrogen and oxygen atoms in total. The van der Waals surface area contributed by atoms with Gasteiger partial charge in [0.15, 0.2) is 0 Å². The second-order valence-corrected chi connectivity index (χ2v) is 10.3. The lowest BCUT2D eigenvalue weighted by molar-refractivity contribution is 0.965. The molecule has 0 radical (unpaired) electrons. The van der Waals surface area contributed by atoms with Gasteiger partial charge < -0.3 is 0 Å². The van der Waals surface area contributed by atoms with Crippen molar-refractivity contribution in [2.24, 2.45) is 0 Å². The molecule has 36 heavy (non-hydrogen) atoms. The van der Waals surface area contributed by atoms with Crippen LogP contribution in [0.2, 0.25) is 0 Å². The molecule has 2 aliphatic rings. The predicted molar refractivity (Wildman–Crippen MR) is 160 cm³/mol. The molecule has 184 valence electrons. The molecule has 0 aliphatic heterocycles. The van der Waals surface area contributed by atoms with E-state index in [1.54, 1.807) is 5.56 Å². The van der Waals surface area contributed by atoms with Gasteiger partial charge in [-0.05, 0) is 134 Å². The van der Waals surface area contributed by atoms with Gasteiger partial charge in [0.1, 0.15) is 0 Å². The summed E-state index contributed by atoms with van der Waals surface area (Å²) in [6.07, 6.45) is 13.9. The number of fused-ring (bicyclic) bond motifs is 3. The van der Waals surface area contributed by atoms with Crippen LogP contribution in [0, 0.1) is 41.5 Å². The average Bonchev–Trinajstić information content (AvgIpc) is 2.90. The molecule has 0 aromatic heterocycles. The summed E-state index contributed by atoms with van der Waals surface area (Å²) >= 11 is 0. The maximum absolute atomic E-state index is 2.33. The number of aryl methyl sites for hydroxylation is 6. The Morgan fingerprint density at radius 1 is 0.528 bits per heavy atom. The smallest absolute Gasteiger partial charge is 0.0152 e. The molecular weight excluding hydrogens is 432 g/mol. The quantitative estimate of drug-likeness (QED) is 0.239. The van der Waals surface area contributed by atoms with Gasteiger partial charge in [-0.3, -0.25) is 0 Å². The first kappa shape index (κ1) is 25.7. The third-order valence-corrected chi connectivity index (χ3v) is 7.87. The van der Waals surface area contributed by atoms with Crippen LogP contribution in [0.5, 0.6) is 0 Å². The van der Waals surface area contributed by atoms with Gasteiger partial charge in [-0.1, -0.05) is 85.0 Å². The molecule has 0 heterocycles. The summed E-state index contributed by atoms with van der Waals surface area (Å²) in [6, 6.07) is 21.9. The summed E-state index contributed by atoms with van der Waals surface area (Å²) < 4.78 is 0. The van der Waals surface area contributed by atoms with Crippen molar-refractivity contribution >= 4 is 22.9 Å². The number of hydrogen-bond donors (Lipinski definition) is 0. The van der Waals surface area contributed by atoms with Crippen LogP contribution >= 0.6 is 0 Å². The zero-order valence-electron chi connectivity index (χ0n) is 22.9. The van der Waals surface area contributed by atoms with Crippen molar-refractivity contribution in [3.05, 3.63) is 128 Å². The van der Waals surface area contributed by atoms with Crippen LogP contribution < -0.4 is 0 Å². The van der Waals surface area contributed by atoms with E-state index in [-0.39, 0.29) is 0 Å². The minimum absolute atomic E-state index is 1.20. The molecule has 0 fully saturated rings. The molecule has 6 rings (SSSR count). The van der Waals surface area contributed by atoms with Crippen molar-refractivity contribution in [2.75, 3.05) is 0 Å². The molecule has 0 bridgehead atoms. The van der Waals surface area contributed by atoms with Gasteiger partial charge in [0, 0.05) is 0 Å². The van der Waals surface area contributed by atoms with Crippen LogP contribution in [-0.4, -0.2) is 0 Å². The minimum atomic E-state index is 1.20. The summed E-state index contributed by atoms with van der Waals surface area (Å²) in [5.41, 5.74) is 14.4.